The highest BCUT2D eigenvalue weighted by Crippen LogP contribution is 2.36. The van der Waals surface area contributed by atoms with Gasteiger partial charge in [-0.3, -0.25) is 4.79 Å². The Bertz CT molecular complexity index is 293. The van der Waals surface area contributed by atoms with Crippen molar-refractivity contribution in [3.8, 4) is 0 Å². The Morgan fingerprint density at radius 3 is 2.30 bits per heavy atom. The number of likely N-dealkylation sites (N-methyl/N-ethyl adjacent to an activating group) is 2. The maximum absolute atomic E-state index is 13.1. The minimum absolute atomic E-state index is 0.115. The first-order valence-corrected chi connectivity index (χ1v) is 8.13. The van der Waals surface area contributed by atoms with Gasteiger partial charge in [-0.05, 0) is 60.3 Å². The summed E-state index contributed by atoms with van der Waals surface area (Å²) in [6.07, 6.45) is 4.10. The van der Waals surface area contributed by atoms with E-state index in [2.05, 4.69) is 50.0 Å². The Morgan fingerprint density at radius 2 is 1.85 bits per heavy atom. The third-order valence-corrected chi connectivity index (χ3v) is 4.51. The van der Waals surface area contributed by atoms with Gasteiger partial charge in [0.1, 0.15) is 0 Å². The summed E-state index contributed by atoms with van der Waals surface area (Å²) in [5, 5.41) is 3.39. The molecule has 0 aromatic carbocycles. The van der Waals surface area contributed by atoms with Crippen LogP contribution in [0.1, 0.15) is 46.5 Å². The van der Waals surface area contributed by atoms with Crippen LogP contribution in [0.15, 0.2) is 0 Å². The quantitative estimate of drug-likeness (QED) is 0.776. The number of hydrogen-bond donors (Lipinski definition) is 1. The molecule has 0 aliphatic carbocycles. The van der Waals surface area contributed by atoms with Crippen molar-refractivity contribution in [2.24, 2.45) is 5.41 Å². The van der Waals surface area contributed by atoms with Gasteiger partial charge in [-0.25, -0.2) is 0 Å². The molecule has 1 aliphatic heterocycles. The zero-order valence-electron chi connectivity index (χ0n) is 14.0. The monoisotopic (exact) mass is 283 g/mol. The van der Waals surface area contributed by atoms with Crippen LogP contribution in [0.3, 0.4) is 0 Å². The third kappa shape index (κ3) is 4.19. The minimum atomic E-state index is -0.115. The molecule has 4 nitrogen and oxygen atoms in total. The number of nitrogens with zero attached hydrogens (tertiary/aromatic N) is 2. The fraction of sp³-hybridized carbons (Fsp3) is 0.938. The van der Waals surface area contributed by atoms with E-state index in [-0.39, 0.29) is 11.5 Å². The van der Waals surface area contributed by atoms with Crippen LogP contribution in [-0.2, 0) is 4.79 Å². The highest BCUT2D eigenvalue weighted by molar-refractivity contribution is 5.83. The van der Waals surface area contributed by atoms with Crippen molar-refractivity contribution >= 4 is 5.91 Å². The lowest BCUT2D eigenvalue weighted by Crippen LogP contribution is -2.53. The van der Waals surface area contributed by atoms with Crippen molar-refractivity contribution in [3.63, 3.8) is 0 Å². The molecule has 0 radical (unpaired) electrons. The SMILES string of the molecule is CCCC1(C(=O)N(CC)C(C)CN(C)C)CCNCC1. The minimum Gasteiger partial charge on any atom is -0.339 e. The molecule has 0 saturated carbocycles. The average Bonchev–Trinajstić information content (AvgIpc) is 2.40. The van der Waals surface area contributed by atoms with Crippen LogP contribution in [0, 0.1) is 5.41 Å². The lowest BCUT2D eigenvalue weighted by atomic mass is 9.74. The Morgan fingerprint density at radius 1 is 1.25 bits per heavy atom. The molecule has 1 saturated heterocycles. The van der Waals surface area contributed by atoms with Crippen molar-refractivity contribution < 1.29 is 4.79 Å². The van der Waals surface area contributed by atoms with Crippen molar-refractivity contribution in [2.75, 3.05) is 40.3 Å². The molecule has 1 unspecified atom stereocenters. The summed E-state index contributed by atoms with van der Waals surface area (Å²) in [6, 6.07) is 0.283. The predicted octanol–water partition coefficient (Wildman–Crippen LogP) is 1.95. The van der Waals surface area contributed by atoms with Crippen LogP contribution in [0.25, 0.3) is 0 Å². The second kappa shape index (κ2) is 7.99. The van der Waals surface area contributed by atoms with Crippen LogP contribution < -0.4 is 5.32 Å². The van der Waals surface area contributed by atoms with Crippen LogP contribution in [0.5, 0.6) is 0 Å². The first-order valence-electron chi connectivity index (χ1n) is 8.13. The molecule has 0 spiro atoms. The predicted molar refractivity (Wildman–Crippen MR) is 84.8 cm³/mol. The molecule has 1 N–H and O–H groups in total. The summed E-state index contributed by atoms with van der Waals surface area (Å²) in [6.45, 7) is 10.2. The van der Waals surface area contributed by atoms with Gasteiger partial charge in [0, 0.05) is 19.1 Å². The number of hydrogen-bond acceptors (Lipinski definition) is 3. The van der Waals surface area contributed by atoms with Crippen molar-refractivity contribution in [1.29, 1.82) is 0 Å². The van der Waals surface area contributed by atoms with Gasteiger partial charge in [0.2, 0.25) is 5.91 Å². The van der Waals surface area contributed by atoms with Gasteiger partial charge < -0.3 is 15.1 Å². The van der Waals surface area contributed by atoms with Crippen LogP contribution in [0.2, 0.25) is 0 Å². The Hall–Kier alpha value is -0.610. The van der Waals surface area contributed by atoms with E-state index in [4.69, 9.17) is 0 Å². The van der Waals surface area contributed by atoms with E-state index in [9.17, 15) is 4.79 Å². The van der Waals surface area contributed by atoms with Gasteiger partial charge in [0.25, 0.3) is 0 Å². The summed E-state index contributed by atoms with van der Waals surface area (Å²) >= 11 is 0. The summed E-state index contributed by atoms with van der Waals surface area (Å²) in [7, 11) is 4.14. The zero-order chi connectivity index (χ0) is 15.2. The zero-order valence-corrected chi connectivity index (χ0v) is 14.0. The number of carbonyl (C=O) groups is 1. The molecule has 1 aliphatic rings. The molecule has 0 aromatic heterocycles. The normalized spacial score (nSPS) is 19.9. The molecule has 4 heteroatoms. The first-order chi connectivity index (χ1) is 9.46. The summed E-state index contributed by atoms with van der Waals surface area (Å²) in [5.41, 5.74) is -0.115. The van der Waals surface area contributed by atoms with E-state index < -0.39 is 0 Å². The molecule has 1 fully saturated rings. The highest BCUT2D eigenvalue weighted by Gasteiger charge is 2.41. The highest BCUT2D eigenvalue weighted by atomic mass is 16.2. The average molecular weight is 283 g/mol. The number of nitrogens with one attached hydrogen (secondary N) is 1. The smallest absolute Gasteiger partial charge is 0.229 e. The molecule has 1 rings (SSSR count). The van der Waals surface area contributed by atoms with Gasteiger partial charge in [-0.2, -0.15) is 0 Å². The molecule has 1 atom stereocenters. The lowest BCUT2D eigenvalue weighted by Gasteiger charge is -2.42. The Labute approximate surface area is 124 Å². The molecular formula is C16H33N3O. The standard InChI is InChI=1S/C16H33N3O/c1-6-8-16(9-11-17-12-10-16)15(20)19(7-2)14(3)13-18(4)5/h14,17H,6-13H2,1-5H3. The molecule has 0 aromatic rings. The van der Waals surface area contributed by atoms with Crippen LogP contribution in [0.4, 0.5) is 0 Å². The number of amides is 1. The molecule has 1 amide bonds. The van der Waals surface area contributed by atoms with Crippen molar-refractivity contribution in [2.45, 2.75) is 52.5 Å². The van der Waals surface area contributed by atoms with E-state index in [1.165, 1.54) is 0 Å². The van der Waals surface area contributed by atoms with Gasteiger partial charge in [0.15, 0.2) is 0 Å². The fourth-order valence-electron chi connectivity index (χ4n) is 3.54. The van der Waals surface area contributed by atoms with Crippen molar-refractivity contribution in [3.05, 3.63) is 0 Å². The maximum Gasteiger partial charge on any atom is 0.229 e. The largest absolute Gasteiger partial charge is 0.339 e. The van der Waals surface area contributed by atoms with E-state index >= 15 is 0 Å². The molecular weight excluding hydrogens is 250 g/mol. The molecule has 0 bridgehead atoms. The Balaban J connectivity index is 2.85. The van der Waals surface area contributed by atoms with E-state index in [1.807, 2.05) is 0 Å². The van der Waals surface area contributed by atoms with Crippen molar-refractivity contribution in [1.82, 2.24) is 15.1 Å². The van der Waals surface area contributed by atoms with Gasteiger partial charge in [-0.15, -0.1) is 0 Å². The maximum atomic E-state index is 13.1. The molecule has 1 heterocycles. The molecule has 20 heavy (non-hydrogen) atoms. The second-order valence-electron chi connectivity index (χ2n) is 6.48. The van der Waals surface area contributed by atoms with Crippen LogP contribution >= 0.6 is 0 Å². The van der Waals surface area contributed by atoms with E-state index in [1.54, 1.807) is 0 Å². The second-order valence-corrected chi connectivity index (χ2v) is 6.48. The summed E-state index contributed by atoms with van der Waals surface area (Å²) in [5.74, 6) is 0.387. The fourth-order valence-corrected chi connectivity index (χ4v) is 3.54. The molecule has 118 valence electrons. The Kier molecular flexibility index (Phi) is 6.96. The van der Waals surface area contributed by atoms with Gasteiger partial charge in [0.05, 0.1) is 5.41 Å². The number of carbonyl (C=O) groups excluding carboxylic acids is 1. The lowest BCUT2D eigenvalue weighted by molar-refractivity contribution is -0.146. The number of piperidine rings is 1. The van der Waals surface area contributed by atoms with Crippen LogP contribution in [-0.4, -0.2) is 62.0 Å². The summed E-state index contributed by atoms with van der Waals surface area (Å²) < 4.78 is 0. The van der Waals surface area contributed by atoms with E-state index in [0.29, 0.717) is 5.91 Å². The third-order valence-electron chi connectivity index (χ3n) is 4.51. The van der Waals surface area contributed by atoms with Gasteiger partial charge >= 0.3 is 0 Å². The number of rotatable bonds is 7. The van der Waals surface area contributed by atoms with E-state index in [0.717, 1.165) is 51.9 Å². The first kappa shape index (κ1) is 17.4. The topological polar surface area (TPSA) is 35.6 Å². The van der Waals surface area contributed by atoms with Gasteiger partial charge in [-0.1, -0.05) is 13.3 Å². The summed E-state index contributed by atoms with van der Waals surface area (Å²) in [4.78, 5) is 17.4.